The number of carbonyl (C=O) groups excluding carboxylic acids is 5. The molecule has 1 aliphatic heterocycles. The molecule has 3 N–H and O–H groups in total. The van der Waals surface area contributed by atoms with Crippen molar-refractivity contribution in [1.29, 1.82) is 0 Å². The van der Waals surface area contributed by atoms with Gasteiger partial charge in [-0.15, -0.1) is 5.06 Å². The van der Waals surface area contributed by atoms with E-state index in [9.17, 15) is 33.9 Å². The van der Waals surface area contributed by atoms with Crippen molar-refractivity contribution in [3.63, 3.8) is 0 Å². The highest BCUT2D eigenvalue weighted by molar-refractivity contribution is 8.76. The van der Waals surface area contributed by atoms with Gasteiger partial charge < -0.3 is 20.6 Å². The van der Waals surface area contributed by atoms with Crippen LogP contribution in [-0.2, 0) is 28.8 Å². The first-order valence-corrected chi connectivity index (χ1v) is 13.8. The zero-order chi connectivity index (χ0) is 26.8. The van der Waals surface area contributed by atoms with Crippen LogP contribution in [0.25, 0.3) is 0 Å². The first-order valence-electron chi connectivity index (χ1n) is 11.3. The van der Waals surface area contributed by atoms with Crippen molar-refractivity contribution in [2.45, 2.75) is 37.8 Å². The van der Waals surface area contributed by atoms with Gasteiger partial charge in [0.25, 0.3) is 23.6 Å². The van der Waals surface area contributed by atoms with Crippen LogP contribution in [0.1, 0.15) is 36.0 Å². The minimum Gasteiger partial charge on any atom is -0.480 e. The molecule has 0 bridgehead atoms. The number of hydroxylamine groups is 2. The lowest BCUT2D eigenvalue weighted by atomic mass is 10.1. The molecule has 1 aliphatic carbocycles. The molecule has 1 heterocycles. The third-order valence-electron chi connectivity index (χ3n) is 5.23. The largest absolute Gasteiger partial charge is 0.480 e. The van der Waals surface area contributed by atoms with Crippen LogP contribution in [-0.4, -0.2) is 69.3 Å². The number of carboxylic acids is 1. The normalized spacial score (nSPS) is 16.5. The molecule has 4 amide bonds. The van der Waals surface area contributed by atoms with E-state index in [2.05, 4.69) is 10.6 Å². The van der Waals surface area contributed by atoms with Crippen molar-refractivity contribution in [2.24, 2.45) is 0 Å². The fourth-order valence-corrected chi connectivity index (χ4v) is 5.55. The van der Waals surface area contributed by atoms with Gasteiger partial charge in [0, 0.05) is 35.5 Å². The van der Waals surface area contributed by atoms with Crippen molar-refractivity contribution in [2.75, 3.05) is 11.5 Å². The Hall–Kier alpha value is -3.58. The number of allylic oxidation sites excluding steroid dienone is 2. The average Bonchev–Trinajstić information content (AvgIpc) is 3.22. The second-order valence-corrected chi connectivity index (χ2v) is 10.5. The van der Waals surface area contributed by atoms with Gasteiger partial charge >= 0.3 is 11.9 Å². The van der Waals surface area contributed by atoms with Crippen LogP contribution in [0.4, 0.5) is 0 Å². The molecule has 3 rings (SSSR count). The highest BCUT2D eigenvalue weighted by Crippen LogP contribution is 2.24. The molecule has 0 spiro atoms. The van der Waals surface area contributed by atoms with Crippen LogP contribution in [0.5, 0.6) is 0 Å². The third kappa shape index (κ3) is 8.22. The summed E-state index contributed by atoms with van der Waals surface area (Å²) in [5.74, 6) is -4.70. The maximum Gasteiger partial charge on any atom is 0.356 e. The molecule has 11 nitrogen and oxygen atoms in total. The number of carboxylic acid groups (broad SMARTS) is 1. The van der Waals surface area contributed by atoms with Gasteiger partial charge in [0.05, 0.1) is 0 Å². The maximum absolute atomic E-state index is 12.8. The van der Waals surface area contributed by atoms with Gasteiger partial charge in [-0.1, -0.05) is 58.0 Å². The Morgan fingerprint density at radius 3 is 2.14 bits per heavy atom. The van der Waals surface area contributed by atoms with E-state index in [-0.39, 0.29) is 24.3 Å². The predicted molar refractivity (Wildman–Crippen MR) is 136 cm³/mol. The summed E-state index contributed by atoms with van der Waals surface area (Å²) in [6.07, 6.45) is 6.49. The monoisotopic (exact) mass is 547 g/mol. The molecule has 1 aromatic carbocycles. The van der Waals surface area contributed by atoms with Crippen molar-refractivity contribution >= 4 is 57.2 Å². The average molecular weight is 548 g/mol. The molecule has 2 aliphatic rings. The van der Waals surface area contributed by atoms with Gasteiger partial charge in [0.2, 0.25) is 0 Å². The second-order valence-electron chi connectivity index (χ2n) is 7.96. The molecule has 196 valence electrons. The fraction of sp³-hybridized carbons (Fsp3) is 0.333. The minimum atomic E-state index is -1.23. The maximum atomic E-state index is 12.8. The summed E-state index contributed by atoms with van der Waals surface area (Å²) in [7, 11) is 2.13. The Labute approximate surface area is 220 Å². The topological polar surface area (TPSA) is 159 Å². The van der Waals surface area contributed by atoms with E-state index in [1.54, 1.807) is 42.5 Å². The zero-order valence-corrected chi connectivity index (χ0v) is 21.2. The third-order valence-corrected chi connectivity index (χ3v) is 7.65. The molecular weight excluding hydrogens is 522 g/mol. The standard InChI is InChI=1S/C24H25N3O8S2/c28-19-11-12-20(29)27(19)35-24(34)18(26-22(31)16-9-5-2-6-10-16)14-37-36-13-17(23(32)33)25-21(30)15-7-3-1-4-8-15/h1,3-5,7-10,17-18H,2,6,11-14H2,(H,25,30)(H,26,31)(H,32,33). The Morgan fingerprint density at radius 2 is 1.54 bits per heavy atom. The summed E-state index contributed by atoms with van der Waals surface area (Å²) >= 11 is 0. The van der Waals surface area contributed by atoms with E-state index in [4.69, 9.17) is 4.84 Å². The van der Waals surface area contributed by atoms with Gasteiger partial charge in [-0.05, 0) is 25.0 Å². The summed E-state index contributed by atoms with van der Waals surface area (Å²) in [5, 5.41) is 14.9. The molecule has 37 heavy (non-hydrogen) atoms. The predicted octanol–water partition coefficient (Wildman–Crippen LogP) is 1.62. The summed E-state index contributed by atoms with van der Waals surface area (Å²) in [5.41, 5.74) is 0.679. The number of rotatable bonds is 12. The van der Waals surface area contributed by atoms with Gasteiger partial charge in [-0.2, -0.15) is 0 Å². The van der Waals surface area contributed by atoms with E-state index in [1.165, 1.54) is 0 Å². The number of nitrogens with zero attached hydrogens (tertiary/aromatic N) is 1. The van der Waals surface area contributed by atoms with Crippen LogP contribution in [0.3, 0.4) is 0 Å². The number of nitrogens with one attached hydrogen (secondary N) is 2. The summed E-state index contributed by atoms with van der Waals surface area (Å²) in [4.78, 5) is 78.0. The van der Waals surface area contributed by atoms with Crippen molar-refractivity contribution in [3.8, 4) is 0 Å². The van der Waals surface area contributed by atoms with Crippen LogP contribution >= 0.6 is 21.6 Å². The lowest BCUT2D eigenvalue weighted by molar-refractivity contribution is -0.198. The number of amides is 4. The van der Waals surface area contributed by atoms with Gasteiger partial charge in [-0.25, -0.2) is 9.59 Å². The van der Waals surface area contributed by atoms with Gasteiger partial charge in [0.1, 0.15) is 12.1 Å². The Morgan fingerprint density at radius 1 is 0.919 bits per heavy atom. The fourth-order valence-electron chi connectivity index (χ4n) is 3.24. The Bertz CT molecular complexity index is 1110. The SMILES string of the molecule is O=C(NC(CSSCC(NC(=O)c1ccccc1)C(=O)O)C(=O)ON1C(=O)CCC1=O)C1=CCCC=C1. The van der Waals surface area contributed by atoms with E-state index in [1.807, 2.05) is 6.08 Å². The number of imide groups is 1. The molecule has 1 aromatic rings. The first-order chi connectivity index (χ1) is 17.8. The van der Waals surface area contributed by atoms with Gasteiger partial charge in [-0.3, -0.25) is 19.2 Å². The van der Waals surface area contributed by atoms with E-state index >= 15 is 0 Å². The summed E-state index contributed by atoms with van der Waals surface area (Å²) in [6, 6.07) is 5.72. The van der Waals surface area contributed by atoms with E-state index < -0.39 is 47.7 Å². The Balaban J connectivity index is 1.58. The molecule has 0 saturated carbocycles. The molecule has 1 saturated heterocycles. The highest BCUT2D eigenvalue weighted by Gasteiger charge is 2.35. The molecule has 1 fully saturated rings. The van der Waals surface area contributed by atoms with Crippen LogP contribution in [0.15, 0.2) is 54.1 Å². The summed E-state index contributed by atoms with van der Waals surface area (Å²) < 4.78 is 0. The molecule has 0 aromatic heterocycles. The molecular formula is C24H25N3O8S2. The van der Waals surface area contributed by atoms with Crippen molar-refractivity contribution in [3.05, 3.63) is 59.7 Å². The zero-order valence-electron chi connectivity index (χ0n) is 19.6. The number of hydrogen-bond donors (Lipinski definition) is 3. The van der Waals surface area contributed by atoms with Crippen LogP contribution < -0.4 is 10.6 Å². The Kier molecular flexibility index (Phi) is 10.3. The lowest BCUT2D eigenvalue weighted by Gasteiger charge is -2.20. The summed E-state index contributed by atoms with van der Waals surface area (Å²) in [6.45, 7) is 0. The smallest absolute Gasteiger partial charge is 0.356 e. The van der Waals surface area contributed by atoms with Crippen LogP contribution in [0, 0.1) is 0 Å². The number of carbonyl (C=O) groups is 6. The quantitative estimate of drug-likeness (QED) is 0.199. The first kappa shape index (κ1) is 28.0. The number of hydrogen-bond acceptors (Lipinski definition) is 9. The van der Waals surface area contributed by atoms with Crippen LogP contribution in [0.2, 0.25) is 0 Å². The minimum absolute atomic E-state index is 0.0364. The molecule has 13 heteroatoms. The molecule has 2 atom stereocenters. The van der Waals surface area contributed by atoms with E-state index in [0.29, 0.717) is 22.6 Å². The molecule has 0 radical (unpaired) electrons. The van der Waals surface area contributed by atoms with E-state index in [0.717, 1.165) is 28.0 Å². The highest BCUT2D eigenvalue weighted by atomic mass is 33.1. The lowest BCUT2D eigenvalue weighted by Crippen LogP contribution is -2.47. The molecule has 2 unspecified atom stereocenters. The van der Waals surface area contributed by atoms with Crippen molar-refractivity contribution < 1.29 is 38.7 Å². The second kappa shape index (κ2) is 13.7. The van der Waals surface area contributed by atoms with Crippen molar-refractivity contribution in [1.82, 2.24) is 15.7 Å². The number of benzene rings is 1. The number of aliphatic carboxylic acids is 1. The van der Waals surface area contributed by atoms with Gasteiger partial charge in [0.15, 0.2) is 0 Å².